The Morgan fingerprint density at radius 1 is 1.09 bits per heavy atom. The Hall–Kier alpha value is -2.36. The van der Waals surface area contributed by atoms with E-state index in [9.17, 15) is 5.11 Å². The van der Waals surface area contributed by atoms with Crippen LogP contribution < -0.4 is 14.2 Å². The molecule has 2 aromatic rings. The first-order valence-corrected chi connectivity index (χ1v) is 7.27. The molecular weight excluding hydrogens is 280 g/mol. The van der Waals surface area contributed by atoms with Crippen molar-refractivity contribution in [2.75, 3.05) is 14.2 Å². The third kappa shape index (κ3) is 2.15. The van der Waals surface area contributed by atoms with E-state index in [1.807, 2.05) is 31.2 Å². The number of ether oxygens (including phenoxy) is 3. The van der Waals surface area contributed by atoms with Gasteiger partial charge in [-0.25, -0.2) is 0 Å². The molecule has 1 heterocycles. The molecule has 0 radical (unpaired) electrons. The summed E-state index contributed by atoms with van der Waals surface area (Å²) in [6, 6.07) is 9.65. The molecule has 0 fully saturated rings. The molecule has 0 saturated heterocycles. The van der Waals surface area contributed by atoms with Crippen molar-refractivity contribution >= 4 is 0 Å². The van der Waals surface area contributed by atoms with Gasteiger partial charge in [0.05, 0.1) is 14.2 Å². The second-order valence-electron chi connectivity index (χ2n) is 5.56. The van der Waals surface area contributed by atoms with Crippen LogP contribution in [0.5, 0.6) is 23.0 Å². The van der Waals surface area contributed by atoms with Crippen LogP contribution >= 0.6 is 0 Å². The van der Waals surface area contributed by atoms with Crippen LogP contribution in [0.15, 0.2) is 30.3 Å². The van der Waals surface area contributed by atoms with Crippen LogP contribution in [0.3, 0.4) is 0 Å². The molecule has 22 heavy (non-hydrogen) atoms. The molecule has 116 valence electrons. The summed E-state index contributed by atoms with van der Waals surface area (Å²) in [4.78, 5) is 0. The van der Waals surface area contributed by atoms with Gasteiger partial charge in [-0.2, -0.15) is 0 Å². The fourth-order valence-corrected chi connectivity index (χ4v) is 3.12. The lowest BCUT2D eigenvalue weighted by atomic mass is 9.89. The molecular formula is C18H20O4. The second-order valence-corrected chi connectivity index (χ2v) is 5.56. The highest BCUT2D eigenvalue weighted by Gasteiger charge is 2.35. The highest BCUT2D eigenvalue weighted by molar-refractivity contribution is 5.59. The van der Waals surface area contributed by atoms with Crippen LogP contribution in [0.4, 0.5) is 0 Å². The van der Waals surface area contributed by atoms with Crippen molar-refractivity contribution in [2.24, 2.45) is 0 Å². The molecule has 0 aliphatic carbocycles. The van der Waals surface area contributed by atoms with E-state index in [0.29, 0.717) is 5.75 Å². The van der Waals surface area contributed by atoms with E-state index in [1.54, 1.807) is 20.3 Å². The molecule has 0 saturated carbocycles. The van der Waals surface area contributed by atoms with Gasteiger partial charge >= 0.3 is 0 Å². The molecule has 1 N–H and O–H groups in total. The molecule has 3 rings (SSSR count). The predicted octanol–water partition coefficient (Wildman–Crippen LogP) is 3.96. The smallest absolute Gasteiger partial charge is 0.164 e. The zero-order valence-corrected chi connectivity index (χ0v) is 13.2. The van der Waals surface area contributed by atoms with Crippen LogP contribution in [0, 0.1) is 6.92 Å². The zero-order valence-electron chi connectivity index (χ0n) is 13.2. The molecule has 0 aromatic heterocycles. The molecule has 4 heteroatoms. The van der Waals surface area contributed by atoms with Gasteiger partial charge in [0, 0.05) is 23.1 Å². The molecule has 0 spiro atoms. The molecule has 1 aliphatic rings. The average molecular weight is 300 g/mol. The Labute approximate surface area is 130 Å². The molecule has 0 unspecified atom stereocenters. The van der Waals surface area contributed by atoms with Crippen molar-refractivity contribution in [3.05, 3.63) is 47.0 Å². The number of aromatic hydroxyl groups is 1. The summed E-state index contributed by atoms with van der Waals surface area (Å²) < 4.78 is 16.5. The minimum Gasteiger partial charge on any atom is -0.504 e. The zero-order chi connectivity index (χ0) is 15.9. The first kappa shape index (κ1) is 14.6. The topological polar surface area (TPSA) is 47.9 Å². The van der Waals surface area contributed by atoms with Crippen LogP contribution in [-0.4, -0.2) is 19.3 Å². The van der Waals surface area contributed by atoms with Gasteiger partial charge in [0.1, 0.15) is 17.6 Å². The number of phenols is 1. The fourth-order valence-electron chi connectivity index (χ4n) is 3.12. The maximum atomic E-state index is 10.2. The van der Waals surface area contributed by atoms with Gasteiger partial charge in [-0.3, -0.25) is 0 Å². The molecule has 1 aliphatic heterocycles. The van der Waals surface area contributed by atoms with Crippen molar-refractivity contribution in [3.63, 3.8) is 0 Å². The van der Waals surface area contributed by atoms with E-state index in [1.165, 1.54) is 0 Å². The molecule has 4 nitrogen and oxygen atoms in total. The van der Waals surface area contributed by atoms with E-state index in [0.717, 1.165) is 28.2 Å². The number of rotatable bonds is 3. The number of methoxy groups -OCH3 is 2. The molecule has 2 atom stereocenters. The van der Waals surface area contributed by atoms with Gasteiger partial charge in [-0.15, -0.1) is 0 Å². The van der Waals surface area contributed by atoms with Crippen molar-refractivity contribution in [1.29, 1.82) is 0 Å². The Kier molecular flexibility index (Phi) is 3.61. The van der Waals surface area contributed by atoms with Gasteiger partial charge < -0.3 is 19.3 Å². The summed E-state index contributed by atoms with van der Waals surface area (Å²) in [6.07, 6.45) is -0.0777. The monoisotopic (exact) mass is 300 g/mol. The van der Waals surface area contributed by atoms with Crippen molar-refractivity contribution in [2.45, 2.75) is 25.9 Å². The van der Waals surface area contributed by atoms with Crippen LogP contribution in [-0.2, 0) is 0 Å². The van der Waals surface area contributed by atoms with Crippen molar-refractivity contribution in [1.82, 2.24) is 0 Å². The minimum atomic E-state index is -0.0777. The summed E-state index contributed by atoms with van der Waals surface area (Å²) in [5, 5.41) is 10.2. The third-order valence-electron chi connectivity index (χ3n) is 4.35. The van der Waals surface area contributed by atoms with E-state index < -0.39 is 0 Å². The Balaban J connectivity index is 1.99. The lowest BCUT2D eigenvalue weighted by Crippen LogP contribution is -2.07. The van der Waals surface area contributed by atoms with E-state index in [2.05, 4.69) is 6.92 Å². The number of hydrogen-bond acceptors (Lipinski definition) is 4. The average Bonchev–Trinajstić information content (AvgIpc) is 2.87. The maximum Gasteiger partial charge on any atom is 0.164 e. The van der Waals surface area contributed by atoms with E-state index in [4.69, 9.17) is 14.2 Å². The summed E-state index contributed by atoms with van der Waals surface area (Å²) in [5.74, 6) is 2.38. The third-order valence-corrected chi connectivity index (χ3v) is 4.35. The van der Waals surface area contributed by atoms with Crippen molar-refractivity contribution < 1.29 is 19.3 Å². The normalized spacial score (nSPS) is 19.5. The summed E-state index contributed by atoms with van der Waals surface area (Å²) in [7, 11) is 3.19. The molecule has 0 bridgehead atoms. The molecule has 2 aromatic carbocycles. The number of phenolic OH excluding ortho intramolecular Hbond substituents is 1. The van der Waals surface area contributed by atoms with Crippen LogP contribution in [0.25, 0.3) is 0 Å². The quantitative estimate of drug-likeness (QED) is 0.932. The van der Waals surface area contributed by atoms with Gasteiger partial charge in [0.15, 0.2) is 11.5 Å². The van der Waals surface area contributed by atoms with Gasteiger partial charge in [-0.05, 0) is 24.6 Å². The number of benzene rings is 2. The second kappa shape index (κ2) is 5.44. The highest BCUT2D eigenvalue weighted by atomic mass is 16.5. The van der Waals surface area contributed by atoms with Gasteiger partial charge in [-0.1, -0.05) is 19.1 Å². The summed E-state index contributed by atoms with van der Waals surface area (Å²) in [6.45, 7) is 4.01. The summed E-state index contributed by atoms with van der Waals surface area (Å²) in [5.41, 5.74) is 2.94. The van der Waals surface area contributed by atoms with Crippen LogP contribution in [0.1, 0.15) is 35.6 Å². The Morgan fingerprint density at radius 3 is 2.36 bits per heavy atom. The Morgan fingerprint density at radius 2 is 1.77 bits per heavy atom. The molecule has 0 amide bonds. The predicted molar refractivity (Wildman–Crippen MR) is 84.2 cm³/mol. The highest BCUT2D eigenvalue weighted by Crippen LogP contribution is 2.51. The lowest BCUT2D eigenvalue weighted by Gasteiger charge is -2.16. The van der Waals surface area contributed by atoms with Crippen LogP contribution in [0.2, 0.25) is 0 Å². The maximum absolute atomic E-state index is 10.2. The summed E-state index contributed by atoms with van der Waals surface area (Å²) >= 11 is 0. The Bertz CT molecular complexity index is 691. The lowest BCUT2D eigenvalue weighted by molar-refractivity contribution is 0.215. The van der Waals surface area contributed by atoms with Crippen molar-refractivity contribution in [3.8, 4) is 23.0 Å². The largest absolute Gasteiger partial charge is 0.504 e. The number of fused-ring (bicyclic) bond motifs is 1. The van der Waals surface area contributed by atoms with Gasteiger partial charge in [0.25, 0.3) is 0 Å². The minimum absolute atomic E-state index is 0.0777. The fraction of sp³-hybridized carbons (Fsp3) is 0.333. The number of hydrogen-bond donors (Lipinski definition) is 1. The van der Waals surface area contributed by atoms with Gasteiger partial charge in [0.2, 0.25) is 0 Å². The first-order chi connectivity index (χ1) is 10.6. The first-order valence-electron chi connectivity index (χ1n) is 7.27. The van der Waals surface area contributed by atoms with E-state index in [-0.39, 0.29) is 17.8 Å². The SMILES string of the molecule is COc1ccc([C@H]2Oc3cc(OC)c(O)c(C)c3[C@@H]2C)cc1. The van der Waals surface area contributed by atoms with E-state index >= 15 is 0 Å². The standard InChI is InChI=1S/C18H20O4/c1-10-16-11(2)18(12-5-7-13(20-3)8-6-12)22-14(16)9-15(21-4)17(10)19/h5-9,11,18-19H,1-4H3/t11-,18-/m0/s1.